The zero-order valence-electron chi connectivity index (χ0n) is 6.39. The van der Waals surface area contributed by atoms with E-state index in [9.17, 15) is 0 Å². The van der Waals surface area contributed by atoms with E-state index in [1.165, 1.54) is 0 Å². The molecule has 0 aliphatic carbocycles. The second-order valence-electron chi connectivity index (χ2n) is 2.17. The van der Waals surface area contributed by atoms with Crippen LogP contribution in [0.15, 0.2) is 18.3 Å². The summed E-state index contributed by atoms with van der Waals surface area (Å²) < 4.78 is 0. The predicted molar refractivity (Wildman–Crippen MR) is 43.1 cm³/mol. The molecule has 2 nitrogen and oxygen atoms in total. The number of rotatable bonds is 2. The Hall–Kier alpha value is -1.05. The van der Waals surface area contributed by atoms with Gasteiger partial charge in [-0.05, 0) is 26.0 Å². The number of aryl methyl sites for hydroxylation is 1. The summed E-state index contributed by atoms with van der Waals surface area (Å²) in [7, 11) is 0. The van der Waals surface area contributed by atoms with E-state index in [0.29, 0.717) is 0 Å². The molecule has 1 aromatic rings. The maximum absolute atomic E-state index is 4.14. The van der Waals surface area contributed by atoms with E-state index >= 15 is 0 Å². The third kappa shape index (κ3) is 1.47. The van der Waals surface area contributed by atoms with Crippen LogP contribution in [0.25, 0.3) is 0 Å². The quantitative estimate of drug-likeness (QED) is 0.670. The van der Waals surface area contributed by atoms with Gasteiger partial charge in [-0.15, -0.1) is 0 Å². The van der Waals surface area contributed by atoms with Crippen molar-refractivity contribution in [3.05, 3.63) is 24.0 Å². The highest BCUT2D eigenvalue weighted by atomic mass is 14.9. The molecule has 0 aliphatic heterocycles. The van der Waals surface area contributed by atoms with Gasteiger partial charge >= 0.3 is 0 Å². The van der Waals surface area contributed by atoms with Crippen LogP contribution >= 0.6 is 0 Å². The largest absolute Gasteiger partial charge is 0.384 e. The van der Waals surface area contributed by atoms with Crippen LogP contribution < -0.4 is 5.32 Å². The van der Waals surface area contributed by atoms with E-state index in [2.05, 4.69) is 17.2 Å². The van der Waals surface area contributed by atoms with E-state index in [4.69, 9.17) is 0 Å². The highest BCUT2D eigenvalue weighted by Gasteiger charge is 1.92. The van der Waals surface area contributed by atoms with E-state index < -0.39 is 0 Å². The topological polar surface area (TPSA) is 24.9 Å². The maximum atomic E-state index is 4.14. The zero-order chi connectivity index (χ0) is 7.40. The molecular weight excluding hydrogens is 124 g/mol. The predicted octanol–water partition coefficient (Wildman–Crippen LogP) is 1.82. The van der Waals surface area contributed by atoms with Gasteiger partial charge in [0, 0.05) is 12.7 Å². The van der Waals surface area contributed by atoms with Gasteiger partial charge in [0.15, 0.2) is 0 Å². The van der Waals surface area contributed by atoms with Gasteiger partial charge in [-0.25, -0.2) is 0 Å². The first-order chi connectivity index (χ1) is 4.84. The Morgan fingerprint density at radius 2 is 2.40 bits per heavy atom. The number of aromatic nitrogens is 1. The molecule has 0 spiro atoms. The fraction of sp³-hybridized carbons (Fsp3) is 0.375. The van der Waals surface area contributed by atoms with E-state index in [1.807, 2.05) is 19.1 Å². The molecule has 0 bridgehead atoms. The van der Waals surface area contributed by atoms with Crippen LogP contribution in [0.2, 0.25) is 0 Å². The normalized spacial score (nSPS) is 9.40. The van der Waals surface area contributed by atoms with Gasteiger partial charge in [-0.2, -0.15) is 0 Å². The molecule has 0 unspecified atom stereocenters. The summed E-state index contributed by atoms with van der Waals surface area (Å²) in [6, 6.07) is 3.97. The Morgan fingerprint density at radius 1 is 1.60 bits per heavy atom. The average Bonchev–Trinajstić information content (AvgIpc) is 1.94. The molecule has 1 heterocycles. The lowest BCUT2D eigenvalue weighted by Gasteiger charge is -2.03. The molecule has 0 aliphatic rings. The highest BCUT2D eigenvalue weighted by Crippen LogP contribution is 2.08. The van der Waals surface area contributed by atoms with Gasteiger partial charge in [0.2, 0.25) is 0 Å². The van der Waals surface area contributed by atoms with Crippen LogP contribution in [0.4, 0.5) is 5.69 Å². The first kappa shape index (κ1) is 7.06. The third-order valence-electron chi connectivity index (χ3n) is 1.37. The zero-order valence-corrected chi connectivity index (χ0v) is 6.39. The van der Waals surface area contributed by atoms with Gasteiger partial charge < -0.3 is 5.32 Å². The maximum Gasteiger partial charge on any atom is 0.0603 e. The molecule has 10 heavy (non-hydrogen) atoms. The molecule has 0 amide bonds. The first-order valence-electron chi connectivity index (χ1n) is 3.50. The molecule has 1 N–H and O–H groups in total. The number of hydrogen-bond donors (Lipinski definition) is 1. The van der Waals surface area contributed by atoms with Crippen molar-refractivity contribution in [2.75, 3.05) is 11.9 Å². The van der Waals surface area contributed by atoms with Crippen molar-refractivity contribution in [1.29, 1.82) is 0 Å². The Kier molecular flexibility index (Phi) is 2.26. The molecule has 2 heteroatoms. The van der Waals surface area contributed by atoms with Crippen molar-refractivity contribution < 1.29 is 0 Å². The molecule has 0 atom stereocenters. The minimum absolute atomic E-state index is 0.951. The Labute approximate surface area is 61.3 Å². The lowest BCUT2D eigenvalue weighted by atomic mass is 10.3. The number of pyridine rings is 1. The Bertz CT molecular complexity index is 208. The van der Waals surface area contributed by atoms with Crippen LogP contribution in [0.3, 0.4) is 0 Å². The highest BCUT2D eigenvalue weighted by molar-refractivity contribution is 5.46. The van der Waals surface area contributed by atoms with Crippen LogP contribution in [-0.4, -0.2) is 11.5 Å². The summed E-state index contributed by atoms with van der Waals surface area (Å²) in [5.74, 6) is 0. The summed E-state index contributed by atoms with van der Waals surface area (Å²) >= 11 is 0. The minimum atomic E-state index is 0.951. The van der Waals surface area contributed by atoms with Crippen LogP contribution in [0.1, 0.15) is 12.6 Å². The molecule has 0 saturated carbocycles. The van der Waals surface area contributed by atoms with E-state index in [0.717, 1.165) is 17.9 Å². The number of nitrogens with zero attached hydrogens (tertiary/aromatic N) is 1. The van der Waals surface area contributed by atoms with Gasteiger partial charge in [-0.3, -0.25) is 4.98 Å². The van der Waals surface area contributed by atoms with Crippen molar-refractivity contribution >= 4 is 5.69 Å². The molecule has 1 aromatic heterocycles. The Morgan fingerprint density at radius 3 is 3.00 bits per heavy atom. The van der Waals surface area contributed by atoms with Gasteiger partial charge in [0.05, 0.1) is 11.4 Å². The molecule has 0 saturated heterocycles. The molecule has 54 valence electrons. The average molecular weight is 136 g/mol. The van der Waals surface area contributed by atoms with Crippen molar-refractivity contribution in [3.8, 4) is 0 Å². The van der Waals surface area contributed by atoms with Gasteiger partial charge in [-0.1, -0.05) is 0 Å². The Balaban J connectivity index is 2.81. The van der Waals surface area contributed by atoms with Crippen molar-refractivity contribution in [1.82, 2.24) is 4.98 Å². The standard InChI is InChI=1S/C8H12N2/c1-3-9-8-5-4-6-10-7(8)2/h4-6,9H,3H2,1-2H3. The van der Waals surface area contributed by atoms with Crippen molar-refractivity contribution in [2.24, 2.45) is 0 Å². The second kappa shape index (κ2) is 3.20. The number of nitrogens with one attached hydrogen (secondary N) is 1. The van der Waals surface area contributed by atoms with Crippen LogP contribution in [-0.2, 0) is 0 Å². The fourth-order valence-electron chi connectivity index (χ4n) is 0.862. The summed E-state index contributed by atoms with van der Waals surface area (Å²) in [5, 5.41) is 3.21. The van der Waals surface area contributed by atoms with Crippen molar-refractivity contribution in [2.45, 2.75) is 13.8 Å². The summed E-state index contributed by atoms with van der Waals surface area (Å²) in [6.45, 7) is 5.02. The molecule has 0 radical (unpaired) electrons. The summed E-state index contributed by atoms with van der Waals surface area (Å²) in [5.41, 5.74) is 2.19. The number of anilines is 1. The molecule has 0 aromatic carbocycles. The second-order valence-corrected chi connectivity index (χ2v) is 2.17. The van der Waals surface area contributed by atoms with Crippen LogP contribution in [0.5, 0.6) is 0 Å². The van der Waals surface area contributed by atoms with Crippen molar-refractivity contribution in [3.63, 3.8) is 0 Å². The third-order valence-corrected chi connectivity index (χ3v) is 1.37. The fourth-order valence-corrected chi connectivity index (χ4v) is 0.862. The van der Waals surface area contributed by atoms with Gasteiger partial charge in [0.25, 0.3) is 0 Å². The first-order valence-corrected chi connectivity index (χ1v) is 3.50. The lowest BCUT2D eigenvalue weighted by Crippen LogP contribution is -1.99. The van der Waals surface area contributed by atoms with E-state index in [1.54, 1.807) is 6.20 Å². The monoisotopic (exact) mass is 136 g/mol. The van der Waals surface area contributed by atoms with E-state index in [-0.39, 0.29) is 0 Å². The molecular formula is C8H12N2. The molecule has 0 fully saturated rings. The van der Waals surface area contributed by atoms with Crippen LogP contribution in [0, 0.1) is 6.92 Å². The summed E-state index contributed by atoms with van der Waals surface area (Å²) in [6.07, 6.45) is 1.80. The summed E-state index contributed by atoms with van der Waals surface area (Å²) in [4.78, 5) is 4.14. The lowest BCUT2D eigenvalue weighted by molar-refractivity contribution is 1.14. The minimum Gasteiger partial charge on any atom is -0.384 e. The SMILES string of the molecule is CCNc1cccnc1C. The van der Waals surface area contributed by atoms with Gasteiger partial charge in [0.1, 0.15) is 0 Å². The smallest absolute Gasteiger partial charge is 0.0603 e. The molecule has 1 rings (SSSR count). The number of hydrogen-bond acceptors (Lipinski definition) is 2.